The van der Waals surface area contributed by atoms with Gasteiger partial charge in [-0.05, 0) is 30.3 Å². The molecule has 3 rings (SSSR count). The maximum atomic E-state index is 13.7. The zero-order valence-electron chi connectivity index (χ0n) is 13.7. The molecule has 0 bridgehead atoms. The number of hydrogen-bond donors (Lipinski definition) is 1. The Morgan fingerprint density at radius 2 is 2.00 bits per heavy atom. The molecular weight excluding hydrogens is 325 g/mol. The van der Waals surface area contributed by atoms with Crippen LogP contribution >= 0.6 is 0 Å². The van der Waals surface area contributed by atoms with E-state index in [0.29, 0.717) is 17.3 Å². The van der Waals surface area contributed by atoms with Crippen LogP contribution in [0.15, 0.2) is 55.0 Å². The summed E-state index contributed by atoms with van der Waals surface area (Å²) >= 11 is 0. The molecule has 2 heterocycles. The molecule has 7 heteroatoms. The van der Waals surface area contributed by atoms with E-state index in [2.05, 4.69) is 15.0 Å². The molecule has 0 aliphatic carbocycles. The SMILES string of the molecule is COC(=O)c1cc(Oc2ccnc(Nc3ccn(C)c3)c2)ccc1F. The highest BCUT2D eigenvalue weighted by molar-refractivity contribution is 5.90. The number of halogens is 1. The molecule has 0 saturated carbocycles. The van der Waals surface area contributed by atoms with Crippen LogP contribution in [0.5, 0.6) is 11.5 Å². The van der Waals surface area contributed by atoms with Crippen molar-refractivity contribution in [2.24, 2.45) is 7.05 Å². The van der Waals surface area contributed by atoms with E-state index >= 15 is 0 Å². The normalized spacial score (nSPS) is 10.4. The molecule has 25 heavy (non-hydrogen) atoms. The van der Waals surface area contributed by atoms with Gasteiger partial charge in [0.1, 0.15) is 23.1 Å². The molecule has 0 amide bonds. The van der Waals surface area contributed by atoms with Crippen LogP contribution in [0.2, 0.25) is 0 Å². The number of aromatic nitrogens is 2. The Labute approximate surface area is 143 Å². The maximum Gasteiger partial charge on any atom is 0.340 e. The number of hydrogen-bond acceptors (Lipinski definition) is 5. The summed E-state index contributed by atoms with van der Waals surface area (Å²) < 4.78 is 25.8. The summed E-state index contributed by atoms with van der Waals surface area (Å²) in [5.74, 6) is -0.0157. The van der Waals surface area contributed by atoms with E-state index in [4.69, 9.17) is 4.74 Å². The van der Waals surface area contributed by atoms with Crippen LogP contribution in [0.4, 0.5) is 15.9 Å². The second kappa shape index (κ2) is 7.04. The third-order valence-corrected chi connectivity index (χ3v) is 3.41. The van der Waals surface area contributed by atoms with Gasteiger partial charge in [-0.2, -0.15) is 0 Å². The van der Waals surface area contributed by atoms with Gasteiger partial charge in [0.15, 0.2) is 0 Å². The summed E-state index contributed by atoms with van der Waals surface area (Å²) in [6, 6.07) is 9.17. The standard InChI is InChI=1S/C18H16FN3O3/c1-22-8-6-12(11-22)21-17-10-14(5-7-20-17)25-13-3-4-16(19)15(9-13)18(23)24-2/h3-11H,1-2H3,(H,20,21). The van der Waals surface area contributed by atoms with Crippen molar-refractivity contribution in [2.75, 3.05) is 12.4 Å². The molecule has 1 N–H and O–H groups in total. The average molecular weight is 341 g/mol. The molecule has 1 aromatic carbocycles. The fourth-order valence-corrected chi connectivity index (χ4v) is 2.24. The van der Waals surface area contributed by atoms with E-state index < -0.39 is 11.8 Å². The van der Waals surface area contributed by atoms with Gasteiger partial charge in [0.25, 0.3) is 0 Å². The third kappa shape index (κ3) is 3.95. The van der Waals surface area contributed by atoms with Crippen LogP contribution in [-0.2, 0) is 11.8 Å². The smallest absolute Gasteiger partial charge is 0.340 e. The van der Waals surface area contributed by atoms with E-state index in [-0.39, 0.29) is 5.56 Å². The van der Waals surface area contributed by atoms with Crippen molar-refractivity contribution in [1.82, 2.24) is 9.55 Å². The maximum absolute atomic E-state index is 13.7. The van der Waals surface area contributed by atoms with Crippen LogP contribution in [-0.4, -0.2) is 22.6 Å². The molecule has 0 saturated heterocycles. The summed E-state index contributed by atoms with van der Waals surface area (Å²) in [7, 11) is 3.12. The summed E-state index contributed by atoms with van der Waals surface area (Å²) in [6.45, 7) is 0. The predicted octanol–water partition coefficient (Wildman–Crippen LogP) is 3.88. The van der Waals surface area contributed by atoms with Gasteiger partial charge in [-0.3, -0.25) is 0 Å². The highest BCUT2D eigenvalue weighted by atomic mass is 19.1. The summed E-state index contributed by atoms with van der Waals surface area (Å²) in [4.78, 5) is 15.8. The molecule has 0 atom stereocenters. The first-order valence-corrected chi connectivity index (χ1v) is 7.46. The van der Waals surface area contributed by atoms with Crippen LogP contribution in [0.3, 0.4) is 0 Å². The highest BCUT2D eigenvalue weighted by Crippen LogP contribution is 2.26. The Morgan fingerprint density at radius 1 is 1.20 bits per heavy atom. The molecular formula is C18H16FN3O3. The Kier molecular flexibility index (Phi) is 4.65. The number of carbonyl (C=O) groups is 1. The van der Waals surface area contributed by atoms with E-state index in [9.17, 15) is 9.18 Å². The van der Waals surface area contributed by atoms with Gasteiger partial charge in [-0.15, -0.1) is 0 Å². The van der Waals surface area contributed by atoms with Crippen molar-refractivity contribution in [3.8, 4) is 11.5 Å². The van der Waals surface area contributed by atoms with Crippen LogP contribution in [0, 0.1) is 5.82 Å². The third-order valence-electron chi connectivity index (χ3n) is 3.41. The van der Waals surface area contributed by atoms with Crippen molar-refractivity contribution < 1.29 is 18.7 Å². The quantitative estimate of drug-likeness (QED) is 0.714. The highest BCUT2D eigenvalue weighted by Gasteiger charge is 2.13. The number of esters is 1. The molecule has 6 nitrogen and oxygen atoms in total. The minimum atomic E-state index is -0.760. The summed E-state index contributed by atoms with van der Waals surface area (Å²) in [5, 5.41) is 3.15. The number of aryl methyl sites for hydroxylation is 1. The van der Waals surface area contributed by atoms with Crippen molar-refractivity contribution in [3.05, 3.63) is 66.4 Å². The van der Waals surface area contributed by atoms with E-state index in [1.54, 1.807) is 18.3 Å². The zero-order chi connectivity index (χ0) is 17.8. The zero-order valence-corrected chi connectivity index (χ0v) is 13.7. The lowest BCUT2D eigenvalue weighted by Gasteiger charge is -2.09. The van der Waals surface area contributed by atoms with Crippen LogP contribution in [0.1, 0.15) is 10.4 Å². The molecule has 0 radical (unpaired) electrons. The predicted molar refractivity (Wildman–Crippen MR) is 90.7 cm³/mol. The Hall–Kier alpha value is -3.35. The Balaban J connectivity index is 1.79. The Bertz CT molecular complexity index is 908. The minimum Gasteiger partial charge on any atom is -0.465 e. The molecule has 3 aromatic rings. The number of benzene rings is 1. The van der Waals surface area contributed by atoms with Gasteiger partial charge in [-0.1, -0.05) is 0 Å². The number of nitrogens with zero attached hydrogens (tertiary/aromatic N) is 2. The van der Waals surface area contributed by atoms with Gasteiger partial charge in [0.05, 0.1) is 18.4 Å². The topological polar surface area (TPSA) is 65.4 Å². The van der Waals surface area contributed by atoms with Gasteiger partial charge in [0, 0.05) is 31.7 Å². The minimum absolute atomic E-state index is 0.184. The second-order valence-electron chi connectivity index (χ2n) is 5.30. The lowest BCUT2D eigenvalue weighted by atomic mass is 10.2. The average Bonchev–Trinajstić information content (AvgIpc) is 3.01. The number of anilines is 2. The fraction of sp³-hybridized carbons (Fsp3) is 0.111. The summed E-state index contributed by atoms with van der Waals surface area (Å²) in [6.07, 6.45) is 5.42. The number of nitrogens with one attached hydrogen (secondary N) is 1. The molecule has 2 aromatic heterocycles. The number of ether oxygens (including phenoxy) is 2. The van der Waals surface area contributed by atoms with Crippen molar-refractivity contribution >= 4 is 17.5 Å². The van der Waals surface area contributed by atoms with Gasteiger partial charge >= 0.3 is 5.97 Å². The number of pyridine rings is 1. The van der Waals surface area contributed by atoms with Gasteiger partial charge in [-0.25, -0.2) is 14.2 Å². The molecule has 0 fully saturated rings. The first kappa shape index (κ1) is 16.5. The van der Waals surface area contributed by atoms with Crippen molar-refractivity contribution in [2.45, 2.75) is 0 Å². The number of rotatable bonds is 5. The first-order chi connectivity index (χ1) is 12.0. The van der Waals surface area contributed by atoms with Crippen molar-refractivity contribution in [3.63, 3.8) is 0 Å². The largest absolute Gasteiger partial charge is 0.465 e. The molecule has 0 aliphatic rings. The first-order valence-electron chi connectivity index (χ1n) is 7.46. The lowest BCUT2D eigenvalue weighted by Crippen LogP contribution is -2.04. The number of methoxy groups -OCH3 is 1. The van der Waals surface area contributed by atoms with Crippen LogP contribution in [0.25, 0.3) is 0 Å². The van der Waals surface area contributed by atoms with E-state index in [1.807, 2.05) is 30.1 Å². The molecule has 128 valence electrons. The summed E-state index contributed by atoms with van der Waals surface area (Å²) in [5.41, 5.74) is 0.707. The molecule has 0 unspecified atom stereocenters. The molecule has 0 aliphatic heterocycles. The monoisotopic (exact) mass is 341 g/mol. The van der Waals surface area contributed by atoms with E-state index in [1.165, 1.54) is 19.2 Å². The van der Waals surface area contributed by atoms with Crippen LogP contribution < -0.4 is 10.1 Å². The van der Waals surface area contributed by atoms with E-state index in [0.717, 1.165) is 11.8 Å². The second-order valence-corrected chi connectivity index (χ2v) is 5.30. The van der Waals surface area contributed by atoms with Gasteiger partial charge < -0.3 is 19.4 Å². The Morgan fingerprint density at radius 3 is 2.72 bits per heavy atom. The number of carbonyl (C=O) groups excluding carboxylic acids is 1. The molecule has 0 spiro atoms. The lowest BCUT2D eigenvalue weighted by molar-refractivity contribution is 0.0595. The fourth-order valence-electron chi connectivity index (χ4n) is 2.24. The van der Waals surface area contributed by atoms with Crippen molar-refractivity contribution in [1.29, 1.82) is 0 Å². The van der Waals surface area contributed by atoms with Gasteiger partial charge in [0.2, 0.25) is 0 Å².